The summed E-state index contributed by atoms with van der Waals surface area (Å²) in [6.07, 6.45) is 0. The van der Waals surface area contributed by atoms with Crippen molar-refractivity contribution in [2.24, 2.45) is 0 Å². The number of rotatable bonds is 8. The van der Waals surface area contributed by atoms with Gasteiger partial charge in [-0.15, -0.1) is 0 Å². The fourth-order valence-electron chi connectivity index (χ4n) is 2.60. The van der Waals surface area contributed by atoms with E-state index in [-0.39, 0.29) is 12.5 Å². The highest BCUT2D eigenvalue weighted by molar-refractivity contribution is 6.32. The molecule has 6 nitrogen and oxygen atoms in total. The second-order valence-electron chi connectivity index (χ2n) is 5.97. The largest absolute Gasteiger partial charge is 0.493 e. The molecule has 27 heavy (non-hydrogen) atoms. The Morgan fingerprint density at radius 2 is 1.70 bits per heavy atom. The van der Waals surface area contributed by atoms with Crippen molar-refractivity contribution < 1.29 is 23.7 Å². The molecule has 0 atom stereocenters. The summed E-state index contributed by atoms with van der Waals surface area (Å²) in [5, 5.41) is 0.470. The minimum absolute atomic E-state index is 0.116. The van der Waals surface area contributed by atoms with Crippen molar-refractivity contribution in [3.05, 3.63) is 46.5 Å². The van der Waals surface area contributed by atoms with Gasteiger partial charge in [-0.25, -0.2) is 0 Å². The molecule has 146 valence electrons. The first kappa shape index (κ1) is 20.7. The topological polar surface area (TPSA) is 57.2 Å². The number of hydrogen-bond acceptors (Lipinski definition) is 5. The average molecular weight is 394 g/mol. The number of ether oxygens (including phenoxy) is 4. The fraction of sp³-hybridized carbons (Fsp3) is 0.350. The Morgan fingerprint density at radius 3 is 2.33 bits per heavy atom. The number of aryl methyl sites for hydroxylation is 1. The van der Waals surface area contributed by atoms with Crippen molar-refractivity contribution in [3.63, 3.8) is 0 Å². The lowest BCUT2D eigenvalue weighted by Gasteiger charge is -2.21. The first-order valence-electron chi connectivity index (χ1n) is 8.32. The first-order valence-corrected chi connectivity index (χ1v) is 8.69. The lowest BCUT2D eigenvalue weighted by atomic mass is 10.1. The summed E-state index contributed by atoms with van der Waals surface area (Å²) in [6.45, 7) is 2.14. The zero-order chi connectivity index (χ0) is 20.0. The molecule has 0 radical (unpaired) electrons. The van der Waals surface area contributed by atoms with E-state index in [0.717, 1.165) is 11.1 Å². The molecule has 2 aromatic rings. The summed E-state index contributed by atoms with van der Waals surface area (Å²) in [6, 6.07) is 9.04. The minimum atomic E-state index is -0.190. The highest BCUT2D eigenvalue weighted by Gasteiger charge is 2.19. The van der Waals surface area contributed by atoms with E-state index in [9.17, 15) is 4.79 Å². The molecular weight excluding hydrogens is 370 g/mol. The van der Waals surface area contributed by atoms with Gasteiger partial charge in [0.2, 0.25) is 5.75 Å². The van der Waals surface area contributed by atoms with Crippen LogP contribution in [-0.2, 0) is 11.3 Å². The molecular formula is C20H24ClNO5. The molecule has 0 unspecified atom stereocenters. The van der Waals surface area contributed by atoms with E-state index in [2.05, 4.69) is 0 Å². The van der Waals surface area contributed by atoms with Gasteiger partial charge in [-0.1, -0.05) is 17.7 Å². The second kappa shape index (κ2) is 9.37. The normalized spacial score (nSPS) is 10.3. The molecule has 0 aromatic heterocycles. The number of hydrogen-bond donors (Lipinski definition) is 0. The summed E-state index contributed by atoms with van der Waals surface area (Å²) in [4.78, 5) is 14.0. The smallest absolute Gasteiger partial charge is 0.260 e. The van der Waals surface area contributed by atoms with Crippen LogP contribution in [0.4, 0.5) is 0 Å². The highest BCUT2D eigenvalue weighted by Crippen LogP contribution is 2.40. The van der Waals surface area contributed by atoms with E-state index >= 15 is 0 Å². The molecule has 7 heteroatoms. The molecule has 0 fully saturated rings. The van der Waals surface area contributed by atoms with E-state index in [1.807, 2.05) is 19.1 Å². The maximum absolute atomic E-state index is 12.5. The Labute approximate surface area is 164 Å². The quantitative estimate of drug-likeness (QED) is 0.684. The molecule has 0 heterocycles. The Bertz CT molecular complexity index is 809. The fourth-order valence-corrected chi connectivity index (χ4v) is 2.77. The van der Waals surface area contributed by atoms with Crippen molar-refractivity contribution in [1.82, 2.24) is 4.90 Å². The van der Waals surface area contributed by atoms with Gasteiger partial charge >= 0.3 is 0 Å². The van der Waals surface area contributed by atoms with E-state index in [0.29, 0.717) is 34.6 Å². The summed E-state index contributed by atoms with van der Waals surface area (Å²) in [5.74, 6) is 1.87. The van der Waals surface area contributed by atoms with Gasteiger partial charge in [-0.3, -0.25) is 4.79 Å². The molecule has 2 aromatic carbocycles. The van der Waals surface area contributed by atoms with Crippen LogP contribution in [0.25, 0.3) is 0 Å². The number of carbonyl (C=O) groups is 1. The van der Waals surface area contributed by atoms with Gasteiger partial charge in [-0.05, 0) is 36.8 Å². The number of nitrogens with zero attached hydrogens (tertiary/aromatic N) is 1. The van der Waals surface area contributed by atoms with Crippen LogP contribution in [0.5, 0.6) is 23.0 Å². The maximum Gasteiger partial charge on any atom is 0.260 e. The Hall–Kier alpha value is -2.60. The molecule has 0 bridgehead atoms. The molecule has 0 aliphatic carbocycles. The zero-order valence-corrected chi connectivity index (χ0v) is 16.9. The van der Waals surface area contributed by atoms with Gasteiger partial charge < -0.3 is 23.8 Å². The Balaban J connectivity index is 2.09. The third-order valence-electron chi connectivity index (χ3n) is 4.06. The molecule has 0 aliphatic heterocycles. The van der Waals surface area contributed by atoms with Crippen molar-refractivity contribution in [1.29, 1.82) is 0 Å². The standard InChI is InChI=1S/C20H24ClNO5/c1-13-6-8-15(21)17(10-13)27-12-18(23)22(2)11-14-7-9-16(24-3)20(26-5)19(14)25-4/h6-10H,11-12H2,1-5H3. The number of carbonyl (C=O) groups excluding carboxylic acids is 1. The van der Waals surface area contributed by atoms with Crippen molar-refractivity contribution in [2.45, 2.75) is 13.5 Å². The first-order chi connectivity index (χ1) is 12.9. The third-order valence-corrected chi connectivity index (χ3v) is 4.37. The monoisotopic (exact) mass is 393 g/mol. The molecule has 0 saturated heterocycles. The molecule has 2 rings (SSSR count). The summed E-state index contributed by atoms with van der Waals surface area (Å²) < 4.78 is 21.7. The number of methoxy groups -OCH3 is 3. The molecule has 0 aliphatic rings. The van der Waals surface area contributed by atoms with E-state index in [1.54, 1.807) is 51.5 Å². The van der Waals surface area contributed by atoms with Gasteiger partial charge in [0.25, 0.3) is 5.91 Å². The van der Waals surface area contributed by atoms with Gasteiger partial charge in [-0.2, -0.15) is 0 Å². The molecule has 0 saturated carbocycles. The lowest BCUT2D eigenvalue weighted by molar-refractivity contribution is -0.132. The van der Waals surface area contributed by atoms with Gasteiger partial charge in [0.15, 0.2) is 18.1 Å². The van der Waals surface area contributed by atoms with Crippen molar-refractivity contribution in [2.75, 3.05) is 35.0 Å². The average Bonchev–Trinajstić information content (AvgIpc) is 2.67. The predicted octanol–water partition coefficient (Wildman–Crippen LogP) is 3.71. The number of likely N-dealkylation sites (N-methyl/N-ethyl adjacent to an activating group) is 1. The van der Waals surface area contributed by atoms with Crippen LogP contribution in [0.1, 0.15) is 11.1 Å². The van der Waals surface area contributed by atoms with Crippen molar-refractivity contribution in [3.8, 4) is 23.0 Å². The SMILES string of the molecule is COc1ccc(CN(C)C(=O)COc2cc(C)ccc2Cl)c(OC)c1OC. The number of halogens is 1. The van der Waals surface area contributed by atoms with Crippen LogP contribution in [0.15, 0.2) is 30.3 Å². The third kappa shape index (κ3) is 4.98. The zero-order valence-electron chi connectivity index (χ0n) is 16.2. The number of benzene rings is 2. The van der Waals surface area contributed by atoms with Crippen molar-refractivity contribution >= 4 is 17.5 Å². The Kier molecular flexibility index (Phi) is 7.19. The summed E-state index contributed by atoms with van der Waals surface area (Å²) in [7, 11) is 6.34. The molecule has 0 spiro atoms. The van der Waals surface area contributed by atoms with Gasteiger partial charge in [0.05, 0.1) is 26.4 Å². The van der Waals surface area contributed by atoms with Gasteiger partial charge in [0.1, 0.15) is 5.75 Å². The van der Waals surface area contributed by atoms with E-state index < -0.39 is 0 Å². The van der Waals surface area contributed by atoms with Crippen LogP contribution in [0.2, 0.25) is 5.02 Å². The van der Waals surface area contributed by atoms with Gasteiger partial charge in [0, 0.05) is 19.2 Å². The second-order valence-corrected chi connectivity index (χ2v) is 6.37. The summed E-state index contributed by atoms with van der Waals surface area (Å²) in [5.41, 5.74) is 1.80. The van der Waals surface area contributed by atoms with Crippen LogP contribution >= 0.6 is 11.6 Å². The minimum Gasteiger partial charge on any atom is -0.493 e. The molecule has 0 N–H and O–H groups in total. The predicted molar refractivity (Wildman–Crippen MR) is 104 cm³/mol. The summed E-state index contributed by atoms with van der Waals surface area (Å²) >= 11 is 6.10. The number of amides is 1. The van der Waals surface area contributed by atoms with Crippen LogP contribution < -0.4 is 18.9 Å². The van der Waals surface area contributed by atoms with E-state index in [4.69, 9.17) is 30.5 Å². The highest BCUT2D eigenvalue weighted by atomic mass is 35.5. The van der Waals surface area contributed by atoms with E-state index in [1.165, 1.54) is 0 Å². The molecule has 1 amide bonds. The van der Waals surface area contributed by atoms with Crippen LogP contribution in [0.3, 0.4) is 0 Å². The lowest BCUT2D eigenvalue weighted by Crippen LogP contribution is -2.31. The van der Waals surface area contributed by atoms with Crippen LogP contribution in [-0.4, -0.2) is 45.8 Å². The van der Waals surface area contributed by atoms with Crippen LogP contribution in [0, 0.1) is 6.92 Å². The maximum atomic E-state index is 12.5. The Morgan fingerprint density at radius 1 is 1.00 bits per heavy atom.